The van der Waals surface area contributed by atoms with Gasteiger partial charge in [-0.25, -0.2) is 0 Å². The van der Waals surface area contributed by atoms with E-state index in [4.69, 9.17) is 4.74 Å². The first-order valence-electron chi connectivity index (χ1n) is 11.9. The van der Waals surface area contributed by atoms with Crippen molar-refractivity contribution in [2.45, 2.75) is 83.3 Å². The summed E-state index contributed by atoms with van der Waals surface area (Å²) in [7, 11) is 1.67. The van der Waals surface area contributed by atoms with Crippen molar-refractivity contribution < 1.29 is 24.2 Å². The van der Waals surface area contributed by atoms with Gasteiger partial charge in [-0.15, -0.1) is 0 Å². The zero-order valence-electron chi connectivity index (χ0n) is 20.3. The number of fused-ring (bicyclic) bond motifs is 1. The largest absolute Gasteiger partial charge is 0.497 e. The van der Waals surface area contributed by atoms with Crippen molar-refractivity contribution in [1.29, 1.82) is 0 Å². The first kappa shape index (κ1) is 24.7. The van der Waals surface area contributed by atoms with Gasteiger partial charge < -0.3 is 14.6 Å². The molecule has 0 spiro atoms. The Morgan fingerprint density at radius 1 is 1.28 bits per heavy atom. The number of aryl methyl sites for hydroxylation is 1. The average molecular weight is 446 g/mol. The van der Waals surface area contributed by atoms with Gasteiger partial charge in [0.15, 0.2) is 0 Å². The monoisotopic (exact) mass is 445 g/mol. The van der Waals surface area contributed by atoms with Crippen LogP contribution in [0.15, 0.2) is 18.2 Å². The molecule has 2 aliphatic carbocycles. The molecule has 1 heterocycles. The van der Waals surface area contributed by atoms with E-state index in [1.54, 1.807) is 14.0 Å². The Labute approximate surface area is 192 Å². The second-order valence-corrected chi connectivity index (χ2v) is 9.69. The number of hydrogen-bond acceptors (Lipinski definition) is 6. The molecule has 1 saturated heterocycles. The standard InChI is InChI=1S/C22H31NO3.C4H8O2/c1-15-4-7-19(26-3)12-20(15)21-10-11-23(14-17-5-6-17)16(2)22(21,25)9-8-18(24)13-21;1-3-6-4(2)5/h4,7,12,16-17,25H,5-6,8-11,13-14H2,1-3H3;3H2,1-2H3. The number of Topliss-reactive ketones (excluding diaryl/α,β-unsaturated/α-hetero) is 1. The number of hydrogen-bond donors (Lipinski definition) is 1. The molecule has 1 aliphatic heterocycles. The van der Waals surface area contributed by atoms with Crippen LogP contribution in [0.5, 0.6) is 5.75 Å². The van der Waals surface area contributed by atoms with Crippen molar-refractivity contribution in [3.63, 3.8) is 0 Å². The van der Waals surface area contributed by atoms with E-state index < -0.39 is 11.0 Å². The highest BCUT2D eigenvalue weighted by atomic mass is 16.5. The molecule has 3 aliphatic rings. The Morgan fingerprint density at radius 2 is 2.00 bits per heavy atom. The van der Waals surface area contributed by atoms with Crippen molar-refractivity contribution in [2.75, 3.05) is 26.8 Å². The molecule has 1 aromatic rings. The van der Waals surface area contributed by atoms with E-state index in [1.807, 2.05) is 6.07 Å². The van der Waals surface area contributed by atoms with Crippen LogP contribution in [0, 0.1) is 12.8 Å². The van der Waals surface area contributed by atoms with Crippen molar-refractivity contribution in [2.24, 2.45) is 5.92 Å². The molecule has 3 fully saturated rings. The number of carbonyl (C=O) groups is 2. The van der Waals surface area contributed by atoms with Crippen molar-refractivity contribution in [3.05, 3.63) is 29.3 Å². The zero-order valence-corrected chi connectivity index (χ0v) is 20.3. The molecule has 6 heteroatoms. The van der Waals surface area contributed by atoms with Gasteiger partial charge in [0, 0.05) is 37.8 Å². The minimum absolute atomic E-state index is 0.0653. The molecule has 32 heavy (non-hydrogen) atoms. The highest BCUT2D eigenvalue weighted by molar-refractivity contribution is 5.82. The number of benzene rings is 1. The maximum atomic E-state index is 12.5. The predicted octanol–water partition coefficient (Wildman–Crippen LogP) is 3.80. The van der Waals surface area contributed by atoms with Crippen molar-refractivity contribution in [1.82, 2.24) is 4.90 Å². The fraction of sp³-hybridized carbons (Fsp3) is 0.692. The van der Waals surface area contributed by atoms with Gasteiger partial charge in [0.2, 0.25) is 0 Å². The lowest BCUT2D eigenvalue weighted by Gasteiger charge is -2.60. The molecule has 3 atom stereocenters. The minimum atomic E-state index is -0.870. The SMILES string of the molecule is CCOC(C)=O.COc1ccc(C)c(C23CCN(CC4CC4)C(C)C2(O)CCC(=O)C3)c1. The second-order valence-electron chi connectivity index (χ2n) is 9.69. The van der Waals surface area contributed by atoms with E-state index in [1.165, 1.54) is 19.8 Å². The molecule has 6 nitrogen and oxygen atoms in total. The van der Waals surface area contributed by atoms with Crippen LogP contribution in [0.1, 0.15) is 70.4 Å². The Hall–Kier alpha value is -1.92. The van der Waals surface area contributed by atoms with Crippen LogP contribution in [-0.2, 0) is 19.7 Å². The Bertz CT molecular complexity index is 836. The number of carbonyl (C=O) groups excluding carboxylic acids is 2. The third kappa shape index (κ3) is 4.86. The molecule has 3 unspecified atom stereocenters. The number of methoxy groups -OCH3 is 1. The first-order chi connectivity index (χ1) is 15.2. The third-order valence-electron chi connectivity index (χ3n) is 7.67. The number of esters is 1. The lowest BCUT2D eigenvalue weighted by Crippen LogP contribution is -2.70. The van der Waals surface area contributed by atoms with E-state index >= 15 is 0 Å². The highest BCUT2D eigenvalue weighted by Crippen LogP contribution is 2.54. The predicted molar refractivity (Wildman–Crippen MR) is 124 cm³/mol. The number of piperidine rings is 1. The summed E-state index contributed by atoms with van der Waals surface area (Å²) in [6.07, 6.45) is 4.97. The molecule has 0 aromatic heterocycles. The summed E-state index contributed by atoms with van der Waals surface area (Å²) in [6.45, 7) is 9.95. The highest BCUT2D eigenvalue weighted by Gasteiger charge is 2.61. The van der Waals surface area contributed by atoms with E-state index in [9.17, 15) is 14.7 Å². The van der Waals surface area contributed by atoms with E-state index in [2.05, 4.69) is 35.6 Å². The van der Waals surface area contributed by atoms with E-state index in [0.717, 1.165) is 42.3 Å². The van der Waals surface area contributed by atoms with Crippen LogP contribution in [-0.4, -0.2) is 60.2 Å². The minimum Gasteiger partial charge on any atom is -0.497 e. The topological polar surface area (TPSA) is 76.1 Å². The van der Waals surface area contributed by atoms with Crippen molar-refractivity contribution >= 4 is 11.8 Å². The maximum Gasteiger partial charge on any atom is 0.302 e. The summed E-state index contributed by atoms with van der Waals surface area (Å²) < 4.78 is 9.87. The fourth-order valence-corrected chi connectivity index (χ4v) is 5.68. The zero-order chi connectivity index (χ0) is 23.5. The van der Waals surface area contributed by atoms with E-state index in [-0.39, 0.29) is 17.8 Å². The smallest absolute Gasteiger partial charge is 0.302 e. The van der Waals surface area contributed by atoms with E-state index in [0.29, 0.717) is 25.9 Å². The van der Waals surface area contributed by atoms with Gasteiger partial charge in [-0.05, 0) is 82.2 Å². The summed E-state index contributed by atoms with van der Waals surface area (Å²) in [6, 6.07) is 6.15. The fourth-order valence-electron chi connectivity index (χ4n) is 5.68. The molecule has 2 saturated carbocycles. The molecular weight excluding hydrogens is 406 g/mol. The normalized spacial score (nSPS) is 30.1. The summed E-state index contributed by atoms with van der Waals surface area (Å²) in [5.74, 6) is 1.67. The molecule has 4 rings (SSSR count). The summed E-state index contributed by atoms with van der Waals surface area (Å²) in [5.41, 5.74) is 0.873. The number of ether oxygens (including phenoxy) is 2. The van der Waals surface area contributed by atoms with Crippen LogP contribution in [0.4, 0.5) is 0 Å². The molecular formula is C26H39NO5. The van der Waals surface area contributed by atoms with Crippen LogP contribution >= 0.6 is 0 Å². The lowest BCUT2D eigenvalue weighted by molar-refractivity contribution is -0.164. The van der Waals surface area contributed by atoms with Gasteiger partial charge in [0.05, 0.1) is 19.3 Å². The number of rotatable bonds is 5. The van der Waals surface area contributed by atoms with Gasteiger partial charge >= 0.3 is 5.97 Å². The quantitative estimate of drug-likeness (QED) is 0.695. The second kappa shape index (κ2) is 9.92. The van der Waals surface area contributed by atoms with Crippen LogP contribution < -0.4 is 4.74 Å². The molecule has 178 valence electrons. The van der Waals surface area contributed by atoms with Gasteiger partial charge in [-0.3, -0.25) is 14.5 Å². The Morgan fingerprint density at radius 3 is 2.56 bits per heavy atom. The Balaban J connectivity index is 0.000000427. The third-order valence-corrected chi connectivity index (χ3v) is 7.67. The summed E-state index contributed by atoms with van der Waals surface area (Å²) in [4.78, 5) is 24.8. The molecule has 0 amide bonds. The van der Waals surface area contributed by atoms with Crippen LogP contribution in [0.25, 0.3) is 0 Å². The summed E-state index contributed by atoms with van der Waals surface area (Å²) >= 11 is 0. The van der Waals surface area contributed by atoms with Gasteiger partial charge in [-0.1, -0.05) is 6.07 Å². The Kier molecular flexibility index (Phi) is 7.66. The lowest BCUT2D eigenvalue weighted by atomic mass is 9.53. The first-order valence-corrected chi connectivity index (χ1v) is 11.9. The maximum absolute atomic E-state index is 12.5. The molecule has 0 bridgehead atoms. The molecule has 1 aromatic carbocycles. The van der Waals surface area contributed by atoms with Gasteiger partial charge in [0.1, 0.15) is 11.5 Å². The van der Waals surface area contributed by atoms with Crippen molar-refractivity contribution in [3.8, 4) is 5.75 Å². The molecule has 1 N–H and O–H groups in total. The number of nitrogens with zero attached hydrogens (tertiary/aromatic N) is 1. The van der Waals surface area contributed by atoms with Gasteiger partial charge in [0.25, 0.3) is 0 Å². The number of ketones is 1. The molecule has 0 radical (unpaired) electrons. The summed E-state index contributed by atoms with van der Waals surface area (Å²) in [5, 5.41) is 12.0. The van der Waals surface area contributed by atoms with Gasteiger partial charge in [-0.2, -0.15) is 0 Å². The van der Waals surface area contributed by atoms with Crippen LogP contribution in [0.3, 0.4) is 0 Å². The average Bonchev–Trinajstić information content (AvgIpc) is 3.57. The number of aliphatic hydroxyl groups is 1. The number of likely N-dealkylation sites (tertiary alicyclic amines) is 1. The van der Waals surface area contributed by atoms with Crippen LogP contribution in [0.2, 0.25) is 0 Å².